The molecule has 2 aromatic carbocycles. The average molecular weight is 327 g/mol. The molecule has 24 heavy (non-hydrogen) atoms. The molecule has 0 bridgehead atoms. The normalized spacial score (nSPS) is 10.4. The molecule has 0 radical (unpaired) electrons. The molecule has 0 spiro atoms. The second kappa shape index (κ2) is 9.73. The Bertz CT molecular complexity index is 620. The Labute approximate surface area is 143 Å². The van der Waals surface area contributed by atoms with Gasteiger partial charge < -0.3 is 14.8 Å². The molecule has 0 saturated heterocycles. The molecule has 0 atom stereocenters. The zero-order chi connectivity index (χ0) is 17.2. The number of carbonyl (C=O) groups is 1. The molecular formula is C20H25NO3. The lowest BCUT2D eigenvalue weighted by molar-refractivity contribution is -0.121. The summed E-state index contributed by atoms with van der Waals surface area (Å²) in [5.41, 5.74) is 3.41. The van der Waals surface area contributed by atoms with Crippen molar-refractivity contribution in [3.8, 4) is 5.75 Å². The van der Waals surface area contributed by atoms with Gasteiger partial charge in [0, 0.05) is 20.1 Å². The predicted molar refractivity (Wildman–Crippen MR) is 94.9 cm³/mol. The molecular weight excluding hydrogens is 302 g/mol. The maximum atomic E-state index is 11.9. The molecule has 4 nitrogen and oxygen atoms in total. The van der Waals surface area contributed by atoms with E-state index in [2.05, 4.69) is 5.32 Å². The summed E-state index contributed by atoms with van der Waals surface area (Å²) in [5, 5.41) is 2.93. The Kier molecular flexibility index (Phi) is 7.30. The number of methoxy groups -OCH3 is 1. The van der Waals surface area contributed by atoms with Gasteiger partial charge in [0.1, 0.15) is 5.75 Å². The topological polar surface area (TPSA) is 47.6 Å². The molecule has 2 rings (SSSR count). The van der Waals surface area contributed by atoms with E-state index >= 15 is 0 Å². The van der Waals surface area contributed by atoms with Crippen LogP contribution in [0.3, 0.4) is 0 Å². The maximum Gasteiger partial charge on any atom is 0.220 e. The van der Waals surface area contributed by atoms with Crippen LogP contribution in [0.5, 0.6) is 5.75 Å². The van der Waals surface area contributed by atoms with Gasteiger partial charge in [0.25, 0.3) is 0 Å². The van der Waals surface area contributed by atoms with Crippen LogP contribution in [0.1, 0.15) is 29.5 Å². The van der Waals surface area contributed by atoms with Gasteiger partial charge in [-0.1, -0.05) is 42.0 Å². The summed E-state index contributed by atoms with van der Waals surface area (Å²) in [6, 6.07) is 16.0. The lowest BCUT2D eigenvalue weighted by atomic mass is 10.1. The van der Waals surface area contributed by atoms with Crippen LogP contribution in [-0.4, -0.2) is 19.6 Å². The van der Waals surface area contributed by atoms with Gasteiger partial charge in [-0.2, -0.15) is 0 Å². The number of carbonyl (C=O) groups excluding carboxylic acids is 1. The van der Waals surface area contributed by atoms with Crippen LogP contribution in [0.25, 0.3) is 0 Å². The monoisotopic (exact) mass is 327 g/mol. The van der Waals surface area contributed by atoms with Crippen molar-refractivity contribution < 1.29 is 14.3 Å². The molecule has 0 aliphatic carbocycles. The zero-order valence-electron chi connectivity index (χ0n) is 14.4. The summed E-state index contributed by atoms with van der Waals surface area (Å²) in [7, 11) is 1.68. The van der Waals surface area contributed by atoms with Crippen LogP contribution in [0, 0.1) is 6.92 Å². The van der Waals surface area contributed by atoms with Crippen LogP contribution in [0.15, 0.2) is 48.5 Å². The Balaban J connectivity index is 1.61. The molecule has 0 aliphatic heterocycles. The third kappa shape index (κ3) is 6.42. The molecule has 0 saturated carbocycles. The summed E-state index contributed by atoms with van der Waals surface area (Å²) in [5.74, 6) is 0.889. The van der Waals surface area contributed by atoms with E-state index < -0.39 is 0 Å². The SMILES string of the molecule is COCc1ccc(CNC(=O)CCCOc2ccc(C)cc2)cc1. The number of hydrogen-bond donors (Lipinski definition) is 1. The number of ether oxygens (including phenoxy) is 2. The van der Waals surface area contributed by atoms with E-state index in [4.69, 9.17) is 9.47 Å². The highest BCUT2D eigenvalue weighted by atomic mass is 16.5. The van der Waals surface area contributed by atoms with Crippen molar-refractivity contribution in [2.45, 2.75) is 32.9 Å². The summed E-state index contributed by atoms with van der Waals surface area (Å²) in [6.07, 6.45) is 1.17. The van der Waals surface area contributed by atoms with E-state index in [1.54, 1.807) is 7.11 Å². The van der Waals surface area contributed by atoms with Crippen molar-refractivity contribution >= 4 is 5.91 Å². The highest BCUT2D eigenvalue weighted by Gasteiger charge is 2.02. The predicted octanol–water partition coefficient (Wildman–Crippen LogP) is 3.62. The molecule has 2 aromatic rings. The third-order valence-electron chi connectivity index (χ3n) is 3.66. The minimum absolute atomic E-state index is 0.0449. The second-order valence-corrected chi connectivity index (χ2v) is 5.79. The molecule has 0 heterocycles. The first kappa shape index (κ1) is 18.0. The van der Waals surface area contributed by atoms with Crippen LogP contribution in [-0.2, 0) is 22.7 Å². The fourth-order valence-corrected chi connectivity index (χ4v) is 2.27. The first-order valence-electron chi connectivity index (χ1n) is 8.20. The minimum Gasteiger partial charge on any atom is -0.494 e. The highest BCUT2D eigenvalue weighted by molar-refractivity contribution is 5.75. The highest BCUT2D eigenvalue weighted by Crippen LogP contribution is 2.11. The van der Waals surface area contributed by atoms with Gasteiger partial charge in [0.15, 0.2) is 0 Å². The molecule has 1 N–H and O–H groups in total. The fourth-order valence-electron chi connectivity index (χ4n) is 2.27. The van der Waals surface area contributed by atoms with Gasteiger partial charge in [0.05, 0.1) is 13.2 Å². The largest absolute Gasteiger partial charge is 0.494 e. The van der Waals surface area contributed by atoms with Crippen LogP contribution in [0.4, 0.5) is 0 Å². The van der Waals surface area contributed by atoms with E-state index in [9.17, 15) is 4.79 Å². The van der Waals surface area contributed by atoms with Crippen molar-refractivity contribution in [1.82, 2.24) is 5.32 Å². The van der Waals surface area contributed by atoms with E-state index in [-0.39, 0.29) is 5.91 Å². The van der Waals surface area contributed by atoms with E-state index in [1.807, 2.05) is 55.5 Å². The molecule has 0 unspecified atom stereocenters. The van der Waals surface area contributed by atoms with Gasteiger partial charge in [-0.25, -0.2) is 0 Å². The van der Waals surface area contributed by atoms with Crippen LogP contribution >= 0.6 is 0 Å². The first-order valence-corrected chi connectivity index (χ1v) is 8.20. The number of benzene rings is 2. The summed E-state index contributed by atoms with van der Waals surface area (Å²) >= 11 is 0. The first-order chi connectivity index (χ1) is 11.7. The van der Waals surface area contributed by atoms with E-state index in [0.29, 0.717) is 32.6 Å². The Morgan fingerprint density at radius 1 is 1.00 bits per heavy atom. The second-order valence-electron chi connectivity index (χ2n) is 5.79. The maximum absolute atomic E-state index is 11.9. The summed E-state index contributed by atoms with van der Waals surface area (Å²) < 4.78 is 10.7. The molecule has 4 heteroatoms. The third-order valence-corrected chi connectivity index (χ3v) is 3.66. The van der Waals surface area contributed by atoms with E-state index in [0.717, 1.165) is 16.9 Å². The van der Waals surface area contributed by atoms with Gasteiger partial charge in [0.2, 0.25) is 5.91 Å². The fraction of sp³-hybridized carbons (Fsp3) is 0.350. The summed E-state index contributed by atoms with van der Waals surface area (Å²) in [4.78, 5) is 11.9. The molecule has 1 amide bonds. The van der Waals surface area contributed by atoms with Gasteiger partial charge in [-0.05, 0) is 36.6 Å². The summed E-state index contributed by atoms with van der Waals surface area (Å²) in [6.45, 7) is 3.74. The average Bonchev–Trinajstić information content (AvgIpc) is 2.60. The van der Waals surface area contributed by atoms with Gasteiger partial charge in [-0.15, -0.1) is 0 Å². The van der Waals surface area contributed by atoms with Gasteiger partial charge in [-0.3, -0.25) is 4.79 Å². The lowest BCUT2D eigenvalue weighted by Crippen LogP contribution is -2.22. The van der Waals surface area contributed by atoms with E-state index in [1.165, 1.54) is 5.56 Å². The number of rotatable bonds is 9. The van der Waals surface area contributed by atoms with Crippen LogP contribution in [0.2, 0.25) is 0 Å². The number of nitrogens with one attached hydrogen (secondary N) is 1. The minimum atomic E-state index is 0.0449. The van der Waals surface area contributed by atoms with Crippen molar-refractivity contribution in [1.29, 1.82) is 0 Å². The Morgan fingerprint density at radius 3 is 2.33 bits per heavy atom. The van der Waals surface area contributed by atoms with Crippen molar-refractivity contribution in [2.24, 2.45) is 0 Å². The Hall–Kier alpha value is -2.33. The van der Waals surface area contributed by atoms with Crippen molar-refractivity contribution in [3.63, 3.8) is 0 Å². The number of amides is 1. The van der Waals surface area contributed by atoms with Crippen LogP contribution < -0.4 is 10.1 Å². The van der Waals surface area contributed by atoms with Crippen molar-refractivity contribution in [3.05, 3.63) is 65.2 Å². The standard InChI is InChI=1S/C20H25NO3/c1-16-5-11-19(12-6-16)24-13-3-4-20(22)21-14-17-7-9-18(10-8-17)15-23-2/h5-12H,3-4,13-15H2,1-2H3,(H,21,22). The lowest BCUT2D eigenvalue weighted by Gasteiger charge is -2.08. The Morgan fingerprint density at radius 2 is 1.67 bits per heavy atom. The molecule has 0 aromatic heterocycles. The van der Waals surface area contributed by atoms with Gasteiger partial charge >= 0.3 is 0 Å². The molecule has 128 valence electrons. The molecule has 0 fully saturated rings. The van der Waals surface area contributed by atoms with Crippen molar-refractivity contribution in [2.75, 3.05) is 13.7 Å². The molecule has 0 aliphatic rings. The smallest absolute Gasteiger partial charge is 0.220 e. The number of aryl methyl sites for hydroxylation is 1. The number of hydrogen-bond acceptors (Lipinski definition) is 3. The quantitative estimate of drug-likeness (QED) is 0.716. The zero-order valence-corrected chi connectivity index (χ0v) is 14.4.